The van der Waals surface area contributed by atoms with Crippen LogP contribution < -0.4 is 7.69 Å². The average molecular weight is 537 g/mol. The summed E-state index contributed by atoms with van der Waals surface area (Å²) in [5.74, 6) is -2.69. The van der Waals surface area contributed by atoms with Crippen LogP contribution in [0.2, 0.25) is 10.0 Å². The fourth-order valence-electron chi connectivity index (χ4n) is 2.82. The normalized spacial score (nSPS) is 10.5. The first-order valence-electron chi connectivity index (χ1n) is 10.1. The smallest absolute Gasteiger partial charge is 0.344 e. The third-order valence-electron chi connectivity index (χ3n) is 4.41. The number of carbonyl (C=O) groups is 4. The Morgan fingerprint density at radius 3 is 1.26 bits per heavy atom. The van der Waals surface area contributed by atoms with Crippen LogP contribution in [0.5, 0.6) is 0 Å². The Kier molecular flexibility index (Phi) is 8.79. The van der Waals surface area contributed by atoms with E-state index in [0.29, 0.717) is 17.7 Å². The molecule has 0 saturated heterocycles. The summed E-state index contributed by atoms with van der Waals surface area (Å²) in [6.07, 6.45) is 0. The van der Waals surface area contributed by atoms with Crippen molar-refractivity contribution in [1.29, 1.82) is 0 Å². The molecule has 2 aromatic carbocycles. The summed E-state index contributed by atoms with van der Waals surface area (Å²) in [7, 11) is 0. The zero-order valence-electron chi connectivity index (χ0n) is 18.1. The Labute approximate surface area is 213 Å². The summed E-state index contributed by atoms with van der Waals surface area (Å²) < 4.78 is 10.8. The minimum Gasteiger partial charge on any atom is -0.462 e. The second kappa shape index (κ2) is 11.6. The molecule has 34 heavy (non-hydrogen) atoms. The standard InChI is InChI=1S/C24H18Cl2O6S2/c1-3-31-21(29)17(19(27)13-5-9-15(25)10-6-13)23-33-24(34-23)18(22(30)32-4-2)20(28)14-7-11-16(26)12-8-14/h5-12H,3-4H2,1-2H3. The second-order valence-electron chi connectivity index (χ2n) is 6.64. The maximum Gasteiger partial charge on any atom is 0.344 e. The minimum atomic E-state index is -0.793. The number of esters is 2. The topological polar surface area (TPSA) is 86.7 Å². The maximum absolute atomic E-state index is 13.1. The van der Waals surface area contributed by atoms with E-state index in [2.05, 4.69) is 0 Å². The van der Waals surface area contributed by atoms with Gasteiger partial charge in [0.25, 0.3) is 0 Å². The highest BCUT2D eigenvalue weighted by Gasteiger charge is 2.27. The van der Waals surface area contributed by atoms with Crippen molar-refractivity contribution < 1.29 is 28.7 Å². The Balaban J connectivity index is 2.17. The van der Waals surface area contributed by atoms with Crippen LogP contribution in [-0.4, -0.2) is 36.7 Å². The van der Waals surface area contributed by atoms with Gasteiger partial charge in [0.2, 0.25) is 11.6 Å². The molecule has 0 N–H and O–H groups in total. The number of hydrogen-bond donors (Lipinski definition) is 0. The molecular weight excluding hydrogens is 519 g/mol. The van der Waals surface area contributed by atoms with Crippen LogP contribution in [0.1, 0.15) is 34.6 Å². The van der Waals surface area contributed by atoms with Gasteiger partial charge in [0.1, 0.15) is 18.8 Å². The van der Waals surface area contributed by atoms with Gasteiger partial charge in [-0.25, -0.2) is 9.59 Å². The van der Waals surface area contributed by atoms with Crippen LogP contribution in [0, 0.1) is 0 Å². The number of Topliss-reactive ketones (excluding diaryl/α,β-unsaturated/α-hetero) is 2. The van der Waals surface area contributed by atoms with Crippen LogP contribution in [0.3, 0.4) is 0 Å². The molecule has 10 heteroatoms. The molecule has 3 rings (SSSR count). The van der Waals surface area contributed by atoms with Crippen LogP contribution in [0.4, 0.5) is 0 Å². The van der Waals surface area contributed by atoms with E-state index < -0.39 is 23.5 Å². The van der Waals surface area contributed by atoms with Gasteiger partial charge in [-0.2, -0.15) is 0 Å². The van der Waals surface area contributed by atoms with Crippen molar-refractivity contribution in [1.82, 2.24) is 0 Å². The third kappa shape index (κ3) is 5.82. The van der Waals surface area contributed by atoms with Crippen molar-refractivity contribution in [2.45, 2.75) is 13.8 Å². The van der Waals surface area contributed by atoms with E-state index in [4.69, 9.17) is 32.7 Å². The number of ketones is 2. The van der Waals surface area contributed by atoms with Gasteiger partial charge in [-0.3, -0.25) is 9.59 Å². The van der Waals surface area contributed by atoms with Crippen LogP contribution in [0.15, 0.2) is 48.5 Å². The van der Waals surface area contributed by atoms with E-state index in [1.807, 2.05) is 0 Å². The zero-order chi connectivity index (χ0) is 24.8. The molecule has 0 radical (unpaired) electrons. The largest absolute Gasteiger partial charge is 0.462 e. The highest BCUT2D eigenvalue weighted by atomic mass is 35.5. The van der Waals surface area contributed by atoms with Crippen molar-refractivity contribution in [3.05, 3.63) is 77.4 Å². The Morgan fingerprint density at radius 1 is 0.647 bits per heavy atom. The van der Waals surface area contributed by atoms with E-state index in [9.17, 15) is 19.2 Å². The van der Waals surface area contributed by atoms with Crippen LogP contribution in [-0.2, 0) is 19.1 Å². The molecule has 3 aromatic rings. The van der Waals surface area contributed by atoms with Crippen molar-refractivity contribution in [3.8, 4) is 0 Å². The third-order valence-corrected chi connectivity index (χ3v) is 7.47. The summed E-state index contributed by atoms with van der Waals surface area (Å²) in [6, 6.07) is 12.2. The number of hydrogen-bond acceptors (Lipinski definition) is 8. The van der Waals surface area contributed by atoms with Crippen LogP contribution in [0.25, 0.3) is 11.1 Å². The van der Waals surface area contributed by atoms with Crippen molar-refractivity contribution >= 4 is 80.5 Å². The van der Waals surface area contributed by atoms with Gasteiger partial charge in [0, 0.05) is 21.2 Å². The number of ether oxygens (including phenoxy) is 2. The predicted octanol–water partition coefficient (Wildman–Crippen LogP) is 4.31. The summed E-state index contributed by atoms with van der Waals surface area (Å²) in [4.78, 5) is 51.4. The molecule has 1 aromatic heterocycles. The number of halogens is 2. The molecular formula is C24H18Cl2O6S2. The molecule has 6 nitrogen and oxygen atoms in total. The number of carbonyl (C=O) groups excluding carboxylic acids is 4. The maximum atomic E-state index is 13.1. The molecule has 0 amide bonds. The van der Waals surface area contributed by atoms with Crippen LogP contribution >= 0.6 is 45.9 Å². The fraction of sp³-hybridized carbons (Fsp3) is 0.167. The number of rotatable bonds is 8. The van der Waals surface area contributed by atoms with E-state index in [1.165, 1.54) is 48.5 Å². The molecule has 0 unspecified atom stereocenters. The summed E-state index contributed by atoms with van der Waals surface area (Å²) >= 11 is 13.7. The first kappa shape index (κ1) is 25.8. The van der Waals surface area contributed by atoms with Gasteiger partial charge in [-0.15, -0.1) is 22.7 Å². The molecule has 0 bridgehead atoms. The summed E-state index contributed by atoms with van der Waals surface area (Å²) in [5.41, 5.74) is 0.151. The van der Waals surface area contributed by atoms with Crippen molar-refractivity contribution in [2.75, 3.05) is 13.2 Å². The average Bonchev–Trinajstić information content (AvgIpc) is 2.78. The molecule has 0 aliphatic carbocycles. The van der Waals surface area contributed by atoms with Crippen molar-refractivity contribution in [2.24, 2.45) is 0 Å². The molecule has 0 atom stereocenters. The van der Waals surface area contributed by atoms with Gasteiger partial charge < -0.3 is 9.47 Å². The minimum absolute atomic E-state index is 0.0741. The summed E-state index contributed by atoms with van der Waals surface area (Å²) in [5, 5.41) is 0.888. The molecule has 0 fully saturated rings. The Bertz CT molecular complexity index is 1230. The molecule has 0 aliphatic heterocycles. The predicted molar refractivity (Wildman–Crippen MR) is 133 cm³/mol. The monoisotopic (exact) mass is 536 g/mol. The van der Waals surface area contributed by atoms with Crippen molar-refractivity contribution in [3.63, 3.8) is 0 Å². The lowest BCUT2D eigenvalue weighted by Crippen LogP contribution is -2.29. The Morgan fingerprint density at radius 2 is 0.971 bits per heavy atom. The van der Waals surface area contributed by atoms with Gasteiger partial charge in [-0.05, 0) is 62.4 Å². The Hall–Kier alpha value is -2.78. The van der Waals surface area contributed by atoms with Gasteiger partial charge in [0.15, 0.2) is 0 Å². The number of benzene rings is 2. The van der Waals surface area contributed by atoms with Gasteiger partial charge >= 0.3 is 11.9 Å². The molecule has 1 heterocycles. The first-order chi connectivity index (χ1) is 16.3. The van der Waals surface area contributed by atoms with Gasteiger partial charge in [-0.1, -0.05) is 23.2 Å². The first-order valence-corrected chi connectivity index (χ1v) is 12.4. The van der Waals surface area contributed by atoms with Gasteiger partial charge in [0.05, 0.1) is 13.2 Å². The summed E-state index contributed by atoms with van der Waals surface area (Å²) in [6.45, 7) is 3.40. The fourth-order valence-corrected chi connectivity index (χ4v) is 5.28. The van der Waals surface area contributed by atoms with E-state index in [0.717, 1.165) is 22.7 Å². The molecule has 176 valence electrons. The van der Waals surface area contributed by atoms with E-state index in [1.54, 1.807) is 13.8 Å². The second-order valence-corrected chi connectivity index (χ2v) is 10.1. The lowest BCUT2D eigenvalue weighted by atomic mass is 10.1. The lowest BCUT2D eigenvalue weighted by Gasteiger charge is -2.10. The molecule has 0 saturated carbocycles. The quantitative estimate of drug-likeness (QED) is 0.242. The van der Waals surface area contributed by atoms with E-state index in [-0.39, 0.29) is 35.5 Å². The molecule has 0 aliphatic rings. The van der Waals surface area contributed by atoms with E-state index >= 15 is 0 Å². The molecule has 0 spiro atoms. The highest BCUT2D eigenvalue weighted by Crippen LogP contribution is 2.18. The highest BCUT2D eigenvalue weighted by molar-refractivity contribution is 7.36. The zero-order valence-corrected chi connectivity index (χ0v) is 21.2. The lowest BCUT2D eigenvalue weighted by molar-refractivity contribution is -0.136. The SMILES string of the molecule is CCOC(=O)C(C(=O)c1ccc(Cl)cc1)=c1sc(=C(C(=O)OCC)C(=O)c2ccc(Cl)cc2)s1.